The number of hydrogen-bond acceptors (Lipinski definition) is 3. The Balaban J connectivity index is 1.51. The number of hydrogen-bond donors (Lipinski definition) is 1. The minimum absolute atomic E-state index is 0.349. The van der Waals surface area contributed by atoms with Crippen LogP contribution in [0.5, 0.6) is 0 Å². The Hall–Kier alpha value is -0.610. The van der Waals surface area contributed by atoms with Crippen molar-refractivity contribution in [3.8, 4) is 0 Å². The van der Waals surface area contributed by atoms with Gasteiger partial charge in [0.15, 0.2) is 0 Å². The summed E-state index contributed by atoms with van der Waals surface area (Å²) in [5.41, 5.74) is 0. The van der Waals surface area contributed by atoms with E-state index in [9.17, 15) is 4.79 Å². The van der Waals surface area contributed by atoms with E-state index in [4.69, 9.17) is 0 Å². The van der Waals surface area contributed by atoms with Gasteiger partial charge in [0.2, 0.25) is 5.91 Å². The molecule has 0 aromatic heterocycles. The third-order valence-corrected chi connectivity index (χ3v) is 5.26. The summed E-state index contributed by atoms with van der Waals surface area (Å²) in [6, 6.07) is 0.635. The second-order valence-electron chi connectivity index (χ2n) is 7.40. The summed E-state index contributed by atoms with van der Waals surface area (Å²) in [7, 11) is 0. The first kappa shape index (κ1) is 14.3. The summed E-state index contributed by atoms with van der Waals surface area (Å²) in [5, 5.41) is 3.61. The molecule has 0 spiro atoms. The van der Waals surface area contributed by atoms with Gasteiger partial charge in [0.05, 0.1) is 6.54 Å². The Morgan fingerprint density at radius 3 is 2.60 bits per heavy atom. The molecule has 114 valence electrons. The molecule has 4 atom stereocenters. The number of rotatable bonds is 2. The highest BCUT2D eigenvalue weighted by molar-refractivity contribution is 5.78. The van der Waals surface area contributed by atoms with Crippen molar-refractivity contribution >= 4 is 5.91 Å². The van der Waals surface area contributed by atoms with Gasteiger partial charge in [-0.25, -0.2) is 0 Å². The van der Waals surface area contributed by atoms with Crippen molar-refractivity contribution in [3.63, 3.8) is 0 Å². The molecule has 3 aliphatic rings. The first-order valence-electron chi connectivity index (χ1n) is 8.35. The van der Waals surface area contributed by atoms with E-state index in [1.807, 2.05) is 0 Å². The first-order chi connectivity index (χ1) is 9.61. The molecule has 3 heterocycles. The molecular weight excluding hydrogens is 250 g/mol. The van der Waals surface area contributed by atoms with Crippen molar-refractivity contribution in [1.82, 2.24) is 15.1 Å². The van der Waals surface area contributed by atoms with Crippen LogP contribution in [0.1, 0.15) is 33.1 Å². The maximum Gasteiger partial charge on any atom is 0.236 e. The van der Waals surface area contributed by atoms with Crippen LogP contribution in [0.4, 0.5) is 0 Å². The summed E-state index contributed by atoms with van der Waals surface area (Å²) < 4.78 is 0. The second-order valence-corrected chi connectivity index (χ2v) is 7.40. The molecule has 4 nitrogen and oxygen atoms in total. The van der Waals surface area contributed by atoms with Crippen molar-refractivity contribution in [2.24, 2.45) is 17.8 Å². The molecule has 3 rings (SSSR count). The number of nitrogens with one attached hydrogen (secondary N) is 1. The number of fused-ring (bicyclic) bond motifs is 1. The zero-order valence-electron chi connectivity index (χ0n) is 13.0. The molecule has 0 bridgehead atoms. The second kappa shape index (κ2) is 6.02. The van der Waals surface area contributed by atoms with Crippen LogP contribution in [0.25, 0.3) is 0 Å². The van der Waals surface area contributed by atoms with E-state index in [1.54, 1.807) is 0 Å². The van der Waals surface area contributed by atoms with Gasteiger partial charge in [-0.3, -0.25) is 9.69 Å². The van der Waals surface area contributed by atoms with E-state index in [0.29, 0.717) is 30.3 Å². The van der Waals surface area contributed by atoms with Crippen molar-refractivity contribution in [3.05, 3.63) is 0 Å². The molecule has 3 aliphatic heterocycles. The highest BCUT2D eigenvalue weighted by Crippen LogP contribution is 2.25. The minimum Gasteiger partial charge on any atom is -0.341 e. The summed E-state index contributed by atoms with van der Waals surface area (Å²) in [4.78, 5) is 17.0. The van der Waals surface area contributed by atoms with Crippen LogP contribution in [-0.4, -0.2) is 61.0 Å². The standard InChI is InChI=1S/C16H29N3O/c1-12-6-13(2)8-19(7-12)16(20)11-18-9-14-4-3-5-17-15(14)10-18/h12-15,17H,3-11H2,1-2H3/t12?,13?,14-,15+/m0/s1. The number of carbonyl (C=O) groups excluding carboxylic acids is 1. The molecule has 0 radical (unpaired) electrons. The molecule has 4 heteroatoms. The monoisotopic (exact) mass is 279 g/mol. The van der Waals surface area contributed by atoms with E-state index >= 15 is 0 Å². The molecule has 3 saturated heterocycles. The third-order valence-electron chi connectivity index (χ3n) is 5.26. The molecular formula is C16H29N3O. The fourth-order valence-corrected chi connectivity index (χ4v) is 4.42. The van der Waals surface area contributed by atoms with Gasteiger partial charge >= 0.3 is 0 Å². The van der Waals surface area contributed by atoms with Crippen LogP contribution in [-0.2, 0) is 4.79 Å². The van der Waals surface area contributed by atoms with Crippen LogP contribution < -0.4 is 5.32 Å². The largest absolute Gasteiger partial charge is 0.341 e. The van der Waals surface area contributed by atoms with Gasteiger partial charge in [-0.15, -0.1) is 0 Å². The Labute approximate surface area is 122 Å². The molecule has 3 fully saturated rings. The predicted octanol–water partition coefficient (Wildman–Crippen LogP) is 1.17. The fraction of sp³-hybridized carbons (Fsp3) is 0.938. The van der Waals surface area contributed by atoms with Gasteiger partial charge in [0.1, 0.15) is 0 Å². The maximum atomic E-state index is 12.5. The van der Waals surface area contributed by atoms with Crippen molar-refractivity contribution < 1.29 is 4.79 Å². The summed E-state index contributed by atoms with van der Waals surface area (Å²) in [6.07, 6.45) is 3.89. The SMILES string of the molecule is CC1CC(C)CN(C(=O)CN2C[C@@H]3CCCN[C@@H]3C2)C1. The Morgan fingerprint density at radius 2 is 1.90 bits per heavy atom. The smallest absolute Gasteiger partial charge is 0.236 e. The minimum atomic E-state index is 0.349. The molecule has 1 amide bonds. The molecule has 1 N–H and O–H groups in total. The summed E-state index contributed by atoms with van der Waals surface area (Å²) in [6.45, 7) is 10.4. The van der Waals surface area contributed by atoms with Gasteiger partial charge in [-0.05, 0) is 43.6 Å². The zero-order chi connectivity index (χ0) is 14.1. The zero-order valence-corrected chi connectivity index (χ0v) is 13.0. The lowest BCUT2D eigenvalue weighted by Gasteiger charge is -2.35. The third kappa shape index (κ3) is 3.17. The Morgan fingerprint density at radius 1 is 1.15 bits per heavy atom. The first-order valence-corrected chi connectivity index (χ1v) is 8.35. The predicted molar refractivity (Wildman–Crippen MR) is 80.5 cm³/mol. The van der Waals surface area contributed by atoms with Crippen LogP contribution in [0.3, 0.4) is 0 Å². The van der Waals surface area contributed by atoms with Crippen molar-refractivity contribution in [1.29, 1.82) is 0 Å². The quantitative estimate of drug-likeness (QED) is 0.824. The van der Waals surface area contributed by atoms with Gasteiger partial charge < -0.3 is 10.2 Å². The molecule has 0 saturated carbocycles. The van der Waals surface area contributed by atoms with Crippen molar-refractivity contribution in [2.75, 3.05) is 39.3 Å². The average molecular weight is 279 g/mol. The van der Waals surface area contributed by atoms with Gasteiger partial charge in [-0.2, -0.15) is 0 Å². The van der Waals surface area contributed by atoms with Gasteiger partial charge in [0.25, 0.3) is 0 Å². The highest BCUT2D eigenvalue weighted by Gasteiger charge is 2.35. The lowest BCUT2D eigenvalue weighted by molar-refractivity contribution is -0.134. The molecule has 0 aliphatic carbocycles. The number of amides is 1. The molecule has 0 aromatic rings. The van der Waals surface area contributed by atoms with Crippen LogP contribution in [0.15, 0.2) is 0 Å². The Kier molecular flexibility index (Phi) is 4.32. The van der Waals surface area contributed by atoms with Crippen molar-refractivity contribution in [2.45, 2.75) is 39.2 Å². The van der Waals surface area contributed by atoms with Gasteiger partial charge in [0, 0.05) is 32.2 Å². The normalized spacial score (nSPS) is 38.8. The number of likely N-dealkylation sites (tertiary alicyclic amines) is 2. The van der Waals surface area contributed by atoms with Crippen LogP contribution >= 0.6 is 0 Å². The van der Waals surface area contributed by atoms with E-state index < -0.39 is 0 Å². The topological polar surface area (TPSA) is 35.6 Å². The van der Waals surface area contributed by atoms with E-state index in [0.717, 1.165) is 38.6 Å². The van der Waals surface area contributed by atoms with E-state index in [1.165, 1.54) is 19.3 Å². The summed E-state index contributed by atoms with van der Waals surface area (Å²) in [5.74, 6) is 2.44. The maximum absolute atomic E-state index is 12.5. The molecule has 20 heavy (non-hydrogen) atoms. The number of piperidine rings is 2. The number of carbonyl (C=O) groups is 1. The van der Waals surface area contributed by atoms with Crippen LogP contribution in [0, 0.1) is 17.8 Å². The lowest BCUT2D eigenvalue weighted by atomic mass is 9.92. The Bertz CT molecular complexity index is 336. The van der Waals surface area contributed by atoms with Gasteiger partial charge in [-0.1, -0.05) is 13.8 Å². The molecule has 2 unspecified atom stereocenters. The fourth-order valence-electron chi connectivity index (χ4n) is 4.42. The van der Waals surface area contributed by atoms with E-state index in [2.05, 4.69) is 29.0 Å². The lowest BCUT2D eigenvalue weighted by Crippen LogP contribution is -2.47. The molecule has 0 aromatic carbocycles. The number of nitrogens with zero attached hydrogens (tertiary/aromatic N) is 2. The summed E-state index contributed by atoms with van der Waals surface area (Å²) >= 11 is 0. The average Bonchev–Trinajstić information content (AvgIpc) is 2.79. The highest BCUT2D eigenvalue weighted by atomic mass is 16.2. The van der Waals surface area contributed by atoms with Crippen LogP contribution in [0.2, 0.25) is 0 Å². The van der Waals surface area contributed by atoms with E-state index in [-0.39, 0.29) is 0 Å².